The van der Waals surface area contributed by atoms with E-state index in [1.807, 2.05) is 7.11 Å². The first-order chi connectivity index (χ1) is 9.83. The molecule has 3 nitrogen and oxygen atoms in total. The van der Waals surface area contributed by atoms with E-state index in [0.717, 1.165) is 13.1 Å². The van der Waals surface area contributed by atoms with Gasteiger partial charge in [0.2, 0.25) is 0 Å². The molecule has 3 unspecified atom stereocenters. The summed E-state index contributed by atoms with van der Waals surface area (Å²) < 4.78 is 5.53. The van der Waals surface area contributed by atoms with Crippen molar-refractivity contribution in [1.82, 2.24) is 10.2 Å². The van der Waals surface area contributed by atoms with Crippen molar-refractivity contribution in [1.29, 1.82) is 0 Å². The van der Waals surface area contributed by atoms with Gasteiger partial charge in [-0.2, -0.15) is 0 Å². The topological polar surface area (TPSA) is 24.5 Å². The van der Waals surface area contributed by atoms with E-state index in [9.17, 15) is 0 Å². The molecule has 1 aromatic rings. The molecule has 0 amide bonds. The maximum Gasteiger partial charge on any atom is 0.0710 e. The number of hydrogen-bond donors (Lipinski definition) is 1. The fourth-order valence-electron chi connectivity index (χ4n) is 3.71. The van der Waals surface area contributed by atoms with Crippen molar-refractivity contribution >= 4 is 0 Å². The summed E-state index contributed by atoms with van der Waals surface area (Å²) in [7, 11) is 1.84. The Bertz CT molecular complexity index is 448. The second kappa shape index (κ2) is 6.25. The van der Waals surface area contributed by atoms with Crippen LogP contribution < -0.4 is 5.32 Å². The molecule has 1 aliphatic carbocycles. The van der Waals surface area contributed by atoms with Gasteiger partial charge in [0, 0.05) is 32.3 Å². The van der Waals surface area contributed by atoms with E-state index in [4.69, 9.17) is 4.74 Å². The zero-order chi connectivity index (χ0) is 13.9. The highest BCUT2D eigenvalue weighted by Crippen LogP contribution is 2.36. The lowest BCUT2D eigenvalue weighted by Crippen LogP contribution is -2.42. The minimum atomic E-state index is 0.422. The van der Waals surface area contributed by atoms with Gasteiger partial charge in [0.05, 0.1) is 6.10 Å². The second-order valence-corrected chi connectivity index (χ2v) is 6.04. The Balaban J connectivity index is 1.77. The predicted molar refractivity (Wildman–Crippen MR) is 82.0 cm³/mol. The largest absolute Gasteiger partial charge is 0.380 e. The van der Waals surface area contributed by atoms with Gasteiger partial charge >= 0.3 is 0 Å². The highest BCUT2D eigenvalue weighted by atomic mass is 16.5. The number of likely N-dealkylation sites (tertiary alicyclic amines) is 1. The molecule has 1 aromatic carbocycles. The lowest BCUT2D eigenvalue weighted by Gasteiger charge is -2.30. The summed E-state index contributed by atoms with van der Waals surface area (Å²) in [4.78, 5) is 2.63. The van der Waals surface area contributed by atoms with Gasteiger partial charge in [-0.25, -0.2) is 0 Å². The number of ether oxygens (including phenoxy) is 1. The molecular formula is C17H26N2O. The van der Waals surface area contributed by atoms with Crippen LogP contribution in [0.3, 0.4) is 0 Å². The van der Waals surface area contributed by atoms with Crippen molar-refractivity contribution < 1.29 is 4.74 Å². The van der Waals surface area contributed by atoms with Gasteiger partial charge in [0.25, 0.3) is 0 Å². The third kappa shape index (κ3) is 2.62. The quantitative estimate of drug-likeness (QED) is 0.892. The van der Waals surface area contributed by atoms with Crippen LogP contribution in [-0.2, 0) is 11.2 Å². The molecule has 3 rings (SSSR count). The van der Waals surface area contributed by atoms with Crippen LogP contribution in [-0.4, -0.2) is 43.8 Å². The summed E-state index contributed by atoms with van der Waals surface area (Å²) in [5.41, 5.74) is 3.03. The number of fused-ring (bicyclic) bond motifs is 1. The average Bonchev–Trinajstić information content (AvgIpc) is 3.09. The molecular weight excluding hydrogens is 248 g/mol. The van der Waals surface area contributed by atoms with Crippen molar-refractivity contribution in [2.24, 2.45) is 0 Å². The predicted octanol–water partition coefficient (Wildman–Crippen LogP) is 2.37. The summed E-state index contributed by atoms with van der Waals surface area (Å²) in [6.07, 6.45) is 3.95. The molecule has 3 atom stereocenters. The molecule has 1 saturated heterocycles. The van der Waals surface area contributed by atoms with Gasteiger partial charge in [-0.05, 0) is 36.9 Å². The Morgan fingerprint density at radius 1 is 1.35 bits per heavy atom. The van der Waals surface area contributed by atoms with E-state index in [-0.39, 0.29) is 0 Å². The third-order valence-corrected chi connectivity index (χ3v) is 4.80. The highest BCUT2D eigenvalue weighted by Gasteiger charge is 2.38. The van der Waals surface area contributed by atoms with E-state index in [1.165, 1.54) is 36.9 Å². The molecule has 2 aliphatic rings. The molecule has 1 aliphatic heterocycles. The minimum Gasteiger partial charge on any atom is -0.380 e. The van der Waals surface area contributed by atoms with Gasteiger partial charge in [0.15, 0.2) is 0 Å². The summed E-state index contributed by atoms with van der Waals surface area (Å²) >= 11 is 0. The molecule has 0 saturated carbocycles. The Hall–Kier alpha value is -0.900. The standard InChI is InChI=1S/C17H26N2O/c1-3-9-18-17-15-7-5-4-6-13(15)11-16(17)19-10-8-14(12-19)20-2/h4-7,14,16-18H,3,8-12H2,1-2H3. The zero-order valence-electron chi connectivity index (χ0n) is 12.6. The van der Waals surface area contributed by atoms with Crippen LogP contribution in [0.25, 0.3) is 0 Å². The number of nitrogens with zero attached hydrogens (tertiary/aromatic N) is 1. The molecule has 0 bridgehead atoms. The normalized spacial score (nSPS) is 29.8. The van der Waals surface area contributed by atoms with Crippen LogP contribution in [0.2, 0.25) is 0 Å². The van der Waals surface area contributed by atoms with Crippen LogP contribution >= 0.6 is 0 Å². The van der Waals surface area contributed by atoms with E-state index in [1.54, 1.807) is 0 Å². The summed E-state index contributed by atoms with van der Waals surface area (Å²) in [5.74, 6) is 0. The fraction of sp³-hybridized carbons (Fsp3) is 0.647. The fourth-order valence-corrected chi connectivity index (χ4v) is 3.71. The zero-order valence-corrected chi connectivity index (χ0v) is 12.6. The molecule has 0 aromatic heterocycles. The van der Waals surface area contributed by atoms with Gasteiger partial charge < -0.3 is 10.1 Å². The number of benzene rings is 1. The Morgan fingerprint density at radius 2 is 2.20 bits per heavy atom. The SMILES string of the molecule is CCCNC1c2ccccc2CC1N1CCC(OC)C1. The molecule has 1 N–H and O–H groups in total. The molecule has 0 radical (unpaired) electrons. The maximum absolute atomic E-state index is 5.53. The molecule has 110 valence electrons. The van der Waals surface area contributed by atoms with Gasteiger partial charge in [-0.15, -0.1) is 0 Å². The molecule has 1 heterocycles. The number of nitrogens with one attached hydrogen (secondary N) is 1. The van der Waals surface area contributed by atoms with E-state index in [0.29, 0.717) is 18.2 Å². The van der Waals surface area contributed by atoms with Gasteiger partial charge in [-0.1, -0.05) is 31.2 Å². The lowest BCUT2D eigenvalue weighted by molar-refractivity contribution is 0.0970. The highest BCUT2D eigenvalue weighted by molar-refractivity contribution is 5.37. The molecule has 3 heteroatoms. The van der Waals surface area contributed by atoms with Crippen molar-refractivity contribution in [3.05, 3.63) is 35.4 Å². The molecule has 1 fully saturated rings. The first-order valence-electron chi connectivity index (χ1n) is 7.91. The summed E-state index contributed by atoms with van der Waals surface area (Å²) in [6.45, 7) is 5.58. The molecule has 0 spiro atoms. The van der Waals surface area contributed by atoms with Crippen molar-refractivity contribution in [2.75, 3.05) is 26.7 Å². The van der Waals surface area contributed by atoms with Gasteiger partial charge in [-0.3, -0.25) is 4.90 Å². The first kappa shape index (κ1) is 14.1. The van der Waals surface area contributed by atoms with E-state index >= 15 is 0 Å². The lowest BCUT2D eigenvalue weighted by atomic mass is 10.1. The van der Waals surface area contributed by atoms with Crippen LogP contribution in [0.5, 0.6) is 0 Å². The van der Waals surface area contributed by atoms with Crippen LogP contribution in [0.1, 0.15) is 36.9 Å². The second-order valence-electron chi connectivity index (χ2n) is 6.04. The third-order valence-electron chi connectivity index (χ3n) is 4.80. The summed E-state index contributed by atoms with van der Waals surface area (Å²) in [6, 6.07) is 10.0. The number of methoxy groups -OCH3 is 1. The number of hydrogen-bond acceptors (Lipinski definition) is 3. The van der Waals surface area contributed by atoms with E-state index in [2.05, 4.69) is 41.4 Å². The Morgan fingerprint density at radius 3 is 2.95 bits per heavy atom. The van der Waals surface area contributed by atoms with Crippen molar-refractivity contribution in [3.8, 4) is 0 Å². The van der Waals surface area contributed by atoms with Gasteiger partial charge in [0.1, 0.15) is 0 Å². The monoisotopic (exact) mass is 274 g/mol. The summed E-state index contributed by atoms with van der Waals surface area (Å²) in [5, 5.41) is 3.76. The minimum absolute atomic E-state index is 0.422. The number of rotatable bonds is 5. The first-order valence-corrected chi connectivity index (χ1v) is 7.91. The smallest absolute Gasteiger partial charge is 0.0710 e. The Labute approximate surface area is 122 Å². The Kier molecular flexibility index (Phi) is 4.39. The van der Waals surface area contributed by atoms with E-state index < -0.39 is 0 Å². The van der Waals surface area contributed by atoms with Crippen molar-refractivity contribution in [2.45, 2.75) is 44.4 Å². The van der Waals surface area contributed by atoms with Crippen LogP contribution in [0.4, 0.5) is 0 Å². The van der Waals surface area contributed by atoms with Crippen LogP contribution in [0, 0.1) is 0 Å². The van der Waals surface area contributed by atoms with Crippen LogP contribution in [0.15, 0.2) is 24.3 Å². The van der Waals surface area contributed by atoms with Crippen molar-refractivity contribution in [3.63, 3.8) is 0 Å². The maximum atomic E-state index is 5.53. The molecule has 20 heavy (non-hydrogen) atoms. The average molecular weight is 274 g/mol.